The molecule has 2 heterocycles. The fraction of sp³-hybridized carbons (Fsp3) is 0.294. The zero-order chi connectivity index (χ0) is 16.1. The van der Waals surface area contributed by atoms with Gasteiger partial charge in [-0.2, -0.15) is 0 Å². The van der Waals surface area contributed by atoms with Crippen LogP contribution in [0.4, 0.5) is 0 Å². The second-order valence-electron chi connectivity index (χ2n) is 4.75. The van der Waals surface area contributed by atoms with Crippen molar-refractivity contribution >= 4 is 38.9 Å². The minimum atomic E-state index is 0.250. The van der Waals surface area contributed by atoms with E-state index in [1.54, 1.807) is 7.11 Å². The lowest BCUT2D eigenvalue weighted by molar-refractivity contribution is -0.106. The first kappa shape index (κ1) is 16.2. The number of primary amides is 1. The summed E-state index contributed by atoms with van der Waals surface area (Å²) < 4.78 is 5.29. The summed E-state index contributed by atoms with van der Waals surface area (Å²) in [5.74, 6) is 0.887. The van der Waals surface area contributed by atoms with Crippen molar-refractivity contribution in [3.8, 4) is 5.75 Å². The van der Waals surface area contributed by atoms with Gasteiger partial charge in [-0.05, 0) is 42.7 Å². The van der Waals surface area contributed by atoms with E-state index in [2.05, 4.69) is 31.7 Å². The summed E-state index contributed by atoms with van der Waals surface area (Å²) in [6.45, 7) is 4.43. The Morgan fingerprint density at radius 1 is 1.27 bits per heavy atom. The van der Waals surface area contributed by atoms with Gasteiger partial charge >= 0.3 is 0 Å². The van der Waals surface area contributed by atoms with E-state index in [-0.39, 0.29) is 6.41 Å². The number of aryl methyl sites for hydroxylation is 2. The molecule has 1 amide bonds. The first-order valence-electron chi connectivity index (χ1n) is 7.22. The molecule has 0 aliphatic rings. The fourth-order valence-corrected chi connectivity index (χ4v) is 3.75. The molecule has 1 aromatic carbocycles. The standard InChI is InChI=1S/C16H17NOS.CH3NO/c1-4-12-13-9-10-8-11(18-3)6-7-14(10)17-16(13)19-15(12)5-2;2-1-3/h6-9H,4-5H2,1-3H3;1H,(H2,2,3). The lowest BCUT2D eigenvalue weighted by atomic mass is 10.1. The topological polar surface area (TPSA) is 65.2 Å². The van der Waals surface area contributed by atoms with E-state index in [0.29, 0.717) is 0 Å². The Kier molecular flexibility index (Phi) is 5.33. The number of aromatic nitrogens is 1. The van der Waals surface area contributed by atoms with Gasteiger partial charge in [-0.25, -0.2) is 4.98 Å². The quantitative estimate of drug-likeness (QED) is 0.750. The molecule has 4 nitrogen and oxygen atoms in total. The molecule has 0 saturated carbocycles. The van der Waals surface area contributed by atoms with Crippen LogP contribution in [0.15, 0.2) is 24.3 Å². The minimum Gasteiger partial charge on any atom is -0.497 e. The molecule has 3 rings (SSSR count). The molecule has 2 N–H and O–H groups in total. The first-order valence-corrected chi connectivity index (χ1v) is 8.04. The largest absolute Gasteiger partial charge is 0.497 e. The highest BCUT2D eigenvalue weighted by atomic mass is 32.1. The van der Waals surface area contributed by atoms with Crippen LogP contribution in [0.1, 0.15) is 24.3 Å². The van der Waals surface area contributed by atoms with Crippen molar-refractivity contribution < 1.29 is 9.53 Å². The molecule has 2 aromatic heterocycles. The van der Waals surface area contributed by atoms with E-state index < -0.39 is 0 Å². The predicted molar refractivity (Wildman–Crippen MR) is 92.7 cm³/mol. The third kappa shape index (κ3) is 3.04. The number of rotatable bonds is 3. The van der Waals surface area contributed by atoms with Gasteiger partial charge in [0.05, 0.1) is 12.6 Å². The highest BCUT2D eigenvalue weighted by Crippen LogP contribution is 2.33. The Balaban J connectivity index is 0.000000545. The number of hydrogen-bond donors (Lipinski definition) is 1. The molecule has 0 aliphatic heterocycles. The Bertz CT molecular complexity index is 796. The number of benzene rings is 1. The van der Waals surface area contributed by atoms with Crippen LogP contribution >= 0.6 is 11.3 Å². The summed E-state index contributed by atoms with van der Waals surface area (Å²) in [6, 6.07) is 8.32. The minimum absolute atomic E-state index is 0.250. The molecule has 0 radical (unpaired) electrons. The van der Waals surface area contributed by atoms with Gasteiger partial charge in [0.15, 0.2) is 0 Å². The number of amides is 1. The summed E-state index contributed by atoms with van der Waals surface area (Å²) in [6.07, 6.45) is 2.41. The lowest BCUT2D eigenvalue weighted by Gasteiger charge is -2.03. The van der Waals surface area contributed by atoms with Crippen molar-refractivity contribution in [2.24, 2.45) is 5.73 Å². The van der Waals surface area contributed by atoms with Crippen LogP contribution in [-0.4, -0.2) is 18.5 Å². The van der Waals surface area contributed by atoms with Crippen molar-refractivity contribution in [2.75, 3.05) is 7.11 Å². The van der Waals surface area contributed by atoms with Crippen molar-refractivity contribution in [2.45, 2.75) is 26.7 Å². The second kappa shape index (κ2) is 7.22. The number of carbonyl (C=O) groups excluding carboxylic acids is 1. The van der Waals surface area contributed by atoms with Gasteiger partial charge in [-0.3, -0.25) is 4.79 Å². The maximum absolute atomic E-state index is 8.58. The fourth-order valence-electron chi connectivity index (χ4n) is 2.56. The van der Waals surface area contributed by atoms with E-state index in [9.17, 15) is 0 Å². The molecule has 0 unspecified atom stereocenters. The predicted octanol–water partition coefficient (Wildman–Crippen LogP) is 3.68. The average Bonchev–Trinajstić information content (AvgIpc) is 2.89. The van der Waals surface area contributed by atoms with Crippen molar-refractivity contribution in [3.05, 3.63) is 34.7 Å². The Hall–Kier alpha value is -2.14. The number of ether oxygens (including phenoxy) is 1. The molecular formula is C17H20N2O2S. The Labute approximate surface area is 133 Å². The molecule has 5 heteroatoms. The highest BCUT2D eigenvalue weighted by molar-refractivity contribution is 7.18. The first-order chi connectivity index (χ1) is 10.7. The van der Waals surface area contributed by atoms with Gasteiger partial charge < -0.3 is 10.5 Å². The zero-order valence-corrected chi connectivity index (χ0v) is 13.9. The normalized spacial score (nSPS) is 10.3. The zero-order valence-electron chi connectivity index (χ0n) is 13.1. The molecule has 0 saturated heterocycles. The van der Waals surface area contributed by atoms with Crippen LogP contribution in [0.3, 0.4) is 0 Å². The molecular weight excluding hydrogens is 296 g/mol. The third-order valence-corrected chi connectivity index (χ3v) is 4.83. The number of nitrogens with zero attached hydrogens (tertiary/aromatic N) is 1. The molecule has 22 heavy (non-hydrogen) atoms. The SMILES string of the molecule is CCc1sc2nc3ccc(OC)cc3cc2c1CC.NC=O. The van der Waals surface area contributed by atoms with Crippen LogP contribution in [0.2, 0.25) is 0 Å². The van der Waals surface area contributed by atoms with E-state index in [1.165, 1.54) is 15.8 Å². The summed E-state index contributed by atoms with van der Waals surface area (Å²) in [5, 5.41) is 2.46. The molecule has 0 spiro atoms. The average molecular weight is 316 g/mol. The summed E-state index contributed by atoms with van der Waals surface area (Å²) in [7, 11) is 1.70. The number of methoxy groups -OCH3 is 1. The molecule has 3 aromatic rings. The van der Waals surface area contributed by atoms with E-state index >= 15 is 0 Å². The summed E-state index contributed by atoms with van der Waals surface area (Å²) in [4.78, 5) is 16.0. The lowest BCUT2D eigenvalue weighted by Crippen LogP contribution is -1.86. The number of nitrogens with two attached hydrogens (primary N) is 1. The summed E-state index contributed by atoms with van der Waals surface area (Å²) in [5.41, 5.74) is 6.67. The maximum Gasteiger partial charge on any atom is 0.204 e. The van der Waals surface area contributed by atoms with Crippen LogP contribution in [0.25, 0.3) is 21.1 Å². The smallest absolute Gasteiger partial charge is 0.204 e. The number of hydrogen-bond acceptors (Lipinski definition) is 4. The molecule has 0 atom stereocenters. The molecule has 0 fully saturated rings. The highest BCUT2D eigenvalue weighted by Gasteiger charge is 2.11. The van der Waals surface area contributed by atoms with Crippen LogP contribution in [0, 0.1) is 0 Å². The third-order valence-electron chi connectivity index (χ3n) is 3.54. The number of fused-ring (bicyclic) bond motifs is 2. The monoisotopic (exact) mass is 316 g/mol. The van der Waals surface area contributed by atoms with Crippen molar-refractivity contribution in [1.29, 1.82) is 0 Å². The number of pyridine rings is 1. The van der Waals surface area contributed by atoms with Crippen LogP contribution < -0.4 is 10.5 Å². The van der Waals surface area contributed by atoms with Gasteiger partial charge in [-0.1, -0.05) is 13.8 Å². The molecule has 0 aliphatic carbocycles. The second-order valence-corrected chi connectivity index (χ2v) is 5.83. The summed E-state index contributed by atoms with van der Waals surface area (Å²) >= 11 is 1.83. The van der Waals surface area contributed by atoms with E-state index in [0.717, 1.165) is 34.3 Å². The molecule has 0 bridgehead atoms. The van der Waals surface area contributed by atoms with Crippen LogP contribution in [0.5, 0.6) is 5.75 Å². The number of thiophene rings is 1. The van der Waals surface area contributed by atoms with Crippen LogP contribution in [-0.2, 0) is 17.6 Å². The number of carbonyl (C=O) groups is 1. The Morgan fingerprint density at radius 3 is 2.59 bits per heavy atom. The van der Waals surface area contributed by atoms with Gasteiger partial charge in [0.1, 0.15) is 10.6 Å². The van der Waals surface area contributed by atoms with Crippen molar-refractivity contribution in [3.63, 3.8) is 0 Å². The van der Waals surface area contributed by atoms with Crippen molar-refractivity contribution in [1.82, 2.24) is 4.98 Å². The maximum atomic E-state index is 8.58. The van der Waals surface area contributed by atoms with E-state index in [4.69, 9.17) is 14.5 Å². The van der Waals surface area contributed by atoms with Gasteiger partial charge in [0, 0.05) is 15.6 Å². The van der Waals surface area contributed by atoms with Gasteiger partial charge in [0.2, 0.25) is 6.41 Å². The Morgan fingerprint density at radius 2 is 2.00 bits per heavy atom. The molecule has 116 valence electrons. The van der Waals surface area contributed by atoms with Gasteiger partial charge in [-0.15, -0.1) is 11.3 Å². The van der Waals surface area contributed by atoms with Gasteiger partial charge in [0.25, 0.3) is 0 Å². The van der Waals surface area contributed by atoms with E-state index in [1.807, 2.05) is 23.5 Å².